The van der Waals surface area contributed by atoms with Crippen LogP contribution in [0.25, 0.3) is 10.9 Å². The summed E-state index contributed by atoms with van der Waals surface area (Å²) in [4.78, 5) is 15.7. The molecule has 1 N–H and O–H groups in total. The summed E-state index contributed by atoms with van der Waals surface area (Å²) < 4.78 is 3.84. The van der Waals surface area contributed by atoms with Gasteiger partial charge in [0.1, 0.15) is 0 Å². The molecule has 6 heteroatoms. The first kappa shape index (κ1) is 12.8. The molecule has 0 fully saturated rings. The molecule has 0 amide bonds. The Kier molecular flexibility index (Phi) is 3.23. The Balaban J connectivity index is 2.11. The van der Waals surface area contributed by atoms with E-state index in [0.29, 0.717) is 16.7 Å². The van der Waals surface area contributed by atoms with E-state index in [4.69, 9.17) is 12.2 Å². The highest BCUT2D eigenvalue weighted by Gasteiger charge is 2.12. The second-order valence-corrected chi connectivity index (χ2v) is 5.11. The number of fused-ring (bicyclic) bond motifs is 1. The summed E-state index contributed by atoms with van der Waals surface area (Å²) in [5, 5.41) is 4.81. The molecule has 0 aliphatic heterocycles. The van der Waals surface area contributed by atoms with E-state index in [9.17, 15) is 4.79 Å². The predicted molar refractivity (Wildman–Crippen MR) is 80.3 cm³/mol. The van der Waals surface area contributed by atoms with Crippen molar-refractivity contribution >= 4 is 23.1 Å². The predicted octanol–water partition coefficient (Wildman–Crippen LogP) is 2.52. The molecule has 1 aromatic carbocycles. The Labute approximate surface area is 120 Å². The molecule has 0 aliphatic carbocycles. The van der Waals surface area contributed by atoms with Crippen molar-refractivity contribution in [3.05, 3.63) is 57.9 Å². The molecule has 0 bridgehead atoms. The highest BCUT2D eigenvalue weighted by atomic mass is 32.1. The average molecular weight is 286 g/mol. The molecule has 0 radical (unpaired) electrons. The summed E-state index contributed by atoms with van der Waals surface area (Å²) in [5.41, 5.74) is 0.703. The largest absolute Gasteiger partial charge is 0.332 e. The maximum absolute atomic E-state index is 12.6. The van der Waals surface area contributed by atoms with Gasteiger partial charge in [-0.15, -0.1) is 0 Å². The minimum atomic E-state index is -0.0734. The number of nitrogens with zero attached hydrogens (tertiary/aromatic N) is 3. The van der Waals surface area contributed by atoms with E-state index in [2.05, 4.69) is 10.1 Å². The smallest absolute Gasteiger partial charge is 0.262 e. The molecule has 1 unspecified atom stereocenters. The molecule has 3 rings (SSSR count). The molecule has 0 saturated heterocycles. The first-order chi connectivity index (χ1) is 9.66. The molecule has 0 spiro atoms. The van der Waals surface area contributed by atoms with E-state index < -0.39 is 0 Å². The van der Waals surface area contributed by atoms with E-state index in [0.717, 1.165) is 5.52 Å². The van der Waals surface area contributed by atoms with Gasteiger partial charge < -0.3 is 4.98 Å². The summed E-state index contributed by atoms with van der Waals surface area (Å²) >= 11 is 5.32. The summed E-state index contributed by atoms with van der Waals surface area (Å²) in [6.45, 7) is 2.56. The standard InChI is InChI=1S/C14H14N4OS/c1-10(9-17-8-4-7-15-17)18-13(19)11-5-2-3-6-12(11)16-14(18)20/h2-8,10H,9H2,1H3,(H,16,20). The fourth-order valence-electron chi connectivity index (χ4n) is 2.34. The van der Waals surface area contributed by atoms with Crippen LogP contribution >= 0.6 is 12.2 Å². The van der Waals surface area contributed by atoms with Gasteiger partial charge in [0.05, 0.1) is 23.5 Å². The van der Waals surface area contributed by atoms with Crippen LogP contribution in [0.2, 0.25) is 0 Å². The summed E-state index contributed by atoms with van der Waals surface area (Å²) in [5.74, 6) is 0. The Morgan fingerprint density at radius 3 is 2.90 bits per heavy atom. The Hall–Kier alpha value is -2.21. The van der Waals surface area contributed by atoms with Crippen LogP contribution in [0.3, 0.4) is 0 Å². The van der Waals surface area contributed by atoms with Crippen LogP contribution in [0.4, 0.5) is 0 Å². The molecule has 20 heavy (non-hydrogen) atoms. The van der Waals surface area contributed by atoms with E-state index in [-0.39, 0.29) is 11.6 Å². The molecule has 0 saturated carbocycles. The van der Waals surface area contributed by atoms with Gasteiger partial charge in [0.25, 0.3) is 5.56 Å². The lowest BCUT2D eigenvalue weighted by Crippen LogP contribution is -2.27. The van der Waals surface area contributed by atoms with Crippen molar-refractivity contribution in [3.8, 4) is 0 Å². The second-order valence-electron chi connectivity index (χ2n) is 4.73. The first-order valence-electron chi connectivity index (χ1n) is 6.38. The SMILES string of the molecule is CC(Cn1cccn1)n1c(=S)[nH]c2ccccc2c1=O. The number of para-hydroxylation sites is 1. The molecule has 5 nitrogen and oxygen atoms in total. The number of nitrogens with one attached hydrogen (secondary N) is 1. The monoisotopic (exact) mass is 286 g/mol. The maximum atomic E-state index is 12.6. The van der Waals surface area contributed by atoms with Crippen LogP contribution in [0.15, 0.2) is 47.5 Å². The third-order valence-corrected chi connectivity index (χ3v) is 3.59. The number of H-pyrrole nitrogens is 1. The van der Waals surface area contributed by atoms with Crippen LogP contribution in [-0.4, -0.2) is 19.3 Å². The molecule has 2 aromatic heterocycles. The van der Waals surface area contributed by atoms with Crippen molar-refractivity contribution in [2.45, 2.75) is 19.5 Å². The maximum Gasteiger partial charge on any atom is 0.262 e. The Morgan fingerprint density at radius 1 is 1.35 bits per heavy atom. The van der Waals surface area contributed by atoms with Gasteiger partial charge in [-0.2, -0.15) is 5.10 Å². The highest BCUT2D eigenvalue weighted by molar-refractivity contribution is 7.71. The van der Waals surface area contributed by atoms with Crippen molar-refractivity contribution in [2.24, 2.45) is 0 Å². The molecule has 2 heterocycles. The number of hydrogen-bond donors (Lipinski definition) is 1. The topological polar surface area (TPSA) is 55.6 Å². The molecular weight excluding hydrogens is 272 g/mol. The van der Waals surface area contributed by atoms with Crippen LogP contribution in [0.1, 0.15) is 13.0 Å². The number of aromatic nitrogens is 4. The van der Waals surface area contributed by atoms with E-state index in [1.54, 1.807) is 21.5 Å². The van der Waals surface area contributed by atoms with Gasteiger partial charge in [-0.25, -0.2) is 0 Å². The lowest BCUT2D eigenvalue weighted by atomic mass is 10.2. The van der Waals surface area contributed by atoms with Gasteiger partial charge in [-0.1, -0.05) is 12.1 Å². The van der Waals surface area contributed by atoms with E-state index in [1.807, 2.05) is 37.4 Å². The van der Waals surface area contributed by atoms with Crippen molar-refractivity contribution < 1.29 is 0 Å². The highest BCUT2D eigenvalue weighted by Crippen LogP contribution is 2.11. The Bertz CT molecular complexity index is 847. The van der Waals surface area contributed by atoms with Gasteiger partial charge in [0, 0.05) is 12.4 Å². The van der Waals surface area contributed by atoms with Crippen molar-refractivity contribution in [1.29, 1.82) is 0 Å². The second kappa shape index (κ2) is 5.05. The molecule has 1 atom stereocenters. The summed E-state index contributed by atoms with van der Waals surface area (Å²) in [6, 6.07) is 9.18. The number of rotatable bonds is 3. The van der Waals surface area contributed by atoms with Crippen LogP contribution < -0.4 is 5.56 Å². The zero-order chi connectivity index (χ0) is 14.1. The van der Waals surface area contributed by atoms with Crippen molar-refractivity contribution in [1.82, 2.24) is 19.3 Å². The van der Waals surface area contributed by atoms with E-state index >= 15 is 0 Å². The zero-order valence-corrected chi connectivity index (χ0v) is 11.8. The number of hydrogen-bond acceptors (Lipinski definition) is 3. The van der Waals surface area contributed by atoms with Crippen LogP contribution in [0, 0.1) is 4.77 Å². The molecular formula is C14H14N4OS. The lowest BCUT2D eigenvalue weighted by molar-refractivity contribution is 0.422. The third kappa shape index (κ3) is 2.18. The lowest BCUT2D eigenvalue weighted by Gasteiger charge is -2.16. The quantitative estimate of drug-likeness (QED) is 0.753. The van der Waals surface area contributed by atoms with E-state index in [1.165, 1.54) is 0 Å². The molecule has 3 aromatic rings. The fourth-order valence-corrected chi connectivity index (χ4v) is 2.71. The van der Waals surface area contributed by atoms with Crippen molar-refractivity contribution in [2.75, 3.05) is 0 Å². The average Bonchev–Trinajstić information content (AvgIpc) is 2.91. The summed E-state index contributed by atoms with van der Waals surface area (Å²) in [6.07, 6.45) is 3.59. The van der Waals surface area contributed by atoms with Gasteiger partial charge in [0.2, 0.25) is 0 Å². The Morgan fingerprint density at radius 2 is 2.15 bits per heavy atom. The van der Waals surface area contributed by atoms with Gasteiger partial charge >= 0.3 is 0 Å². The number of benzene rings is 1. The number of aromatic amines is 1. The van der Waals surface area contributed by atoms with Gasteiger partial charge in [-0.05, 0) is 37.3 Å². The van der Waals surface area contributed by atoms with Gasteiger partial charge in [0.15, 0.2) is 4.77 Å². The third-order valence-electron chi connectivity index (χ3n) is 3.29. The minimum Gasteiger partial charge on any atom is -0.332 e. The first-order valence-corrected chi connectivity index (χ1v) is 6.78. The molecule has 0 aliphatic rings. The normalized spacial score (nSPS) is 12.7. The zero-order valence-electron chi connectivity index (χ0n) is 11.0. The van der Waals surface area contributed by atoms with Crippen molar-refractivity contribution in [3.63, 3.8) is 0 Å². The fraction of sp³-hybridized carbons (Fsp3) is 0.214. The van der Waals surface area contributed by atoms with Gasteiger partial charge in [-0.3, -0.25) is 14.0 Å². The summed E-state index contributed by atoms with van der Waals surface area (Å²) in [7, 11) is 0. The minimum absolute atomic E-state index is 0.0657. The molecule has 102 valence electrons. The van der Waals surface area contributed by atoms with Crippen LogP contribution in [-0.2, 0) is 6.54 Å². The van der Waals surface area contributed by atoms with Crippen LogP contribution in [0.5, 0.6) is 0 Å².